The number of pyridine rings is 1. The molecule has 106 valence electrons. The molecule has 19 heavy (non-hydrogen) atoms. The molecule has 3 rings (SSSR count). The van der Waals surface area contributed by atoms with E-state index < -0.39 is 0 Å². The smallest absolute Gasteiger partial charge is 0.137 e. The molecule has 0 saturated carbocycles. The van der Waals surface area contributed by atoms with Crippen LogP contribution in [0.25, 0.3) is 10.1 Å². The summed E-state index contributed by atoms with van der Waals surface area (Å²) in [5.41, 5.74) is 0. The molecule has 1 N–H and O–H groups in total. The Morgan fingerprint density at radius 1 is 1.42 bits per heavy atom. The van der Waals surface area contributed by atoms with Gasteiger partial charge in [0.1, 0.15) is 5.82 Å². The number of nitrogens with zero attached hydrogens (tertiary/aromatic N) is 2. The standard InChI is InChI=1S/C13H17N3S.2ClH/c1-9-8-16(6-5-14-9)13-11-7-10(2)17-12(11)3-4-15-13;;/h3-4,7,9,14H,5-6,8H2,1-2H3;2*1H. The summed E-state index contributed by atoms with van der Waals surface area (Å²) in [5.74, 6) is 1.15. The highest BCUT2D eigenvalue weighted by Crippen LogP contribution is 2.31. The number of nitrogens with one attached hydrogen (secondary N) is 1. The van der Waals surface area contributed by atoms with E-state index in [-0.39, 0.29) is 24.8 Å². The Balaban J connectivity index is 0.000000902. The molecule has 0 aliphatic carbocycles. The van der Waals surface area contributed by atoms with Crippen LogP contribution in [0.1, 0.15) is 11.8 Å². The number of halogens is 2. The molecule has 6 heteroatoms. The maximum Gasteiger partial charge on any atom is 0.137 e. The fourth-order valence-electron chi connectivity index (χ4n) is 2.45. The first-order chi connectivity index (χ1) is 8.24. The molecule has 1 fully saturated rings. The molecule has 0 amide bonds. The first-order valence-corrected chi connectivity index (χ1v) is 6.89. The van der Waals surface area contributed by atoms with E-state index in [0.717, 1.165) is 25.5 Å². The van der Waals surface area contributed by atoms with Crippen molar-refractivity contribution >= 4 is 52.1 Å². The van der Waals surface area contributed by atoms with Gasteiger partial charge in [0.2, 0.25) is 0 Å². The van der Waals surface area contributed by atoms with Gasteiger partial charge in [0.25, 0.3) is 0 Å². The summed E-state index contributed by atoms with van der Waals surface area (Å²) in [6, 6.07) is 4.91. The highest BCUT2D eigenvalue weighted by atomic mass is 35.5. The summed E-state index contributed by atoms with van der Waals surface area (Å²) >= 11 is 1.85. The number of hydrogen-bond donors (Lipinski definition) is 1. The molecule has 1 aliphatic rings. The zero-order valence-corrected chi connectivity index (χ0v) is 13.5. The topological polar surface area (TPSA) is 28.2 Å². The number of aryl methyl sites for hydroxylation is 1. The summed E-state index contributed by atoms with van der Waals surface area (Å²) in [4.78, 5) is 8.34. The van der Waals surface area contributed by atoms with Gasteiger partial charge < -0.3 is 10.2 Å². The van der Waals surface area contributed by atoms with Gasteiger partial charge in [-0.1, -0.05) is 0 Å². The quantitative estimate of drug-likeness (QED) is 0.874. The predicted molar refractivity (Wildman–Crippen MR) is 88.5 cm³/mol. The van der Waals surface area contributed by atoms with Gasteiger partial charge in [0.05, 0.1) is 0 Å². The van der Waals surface area contributed by atoms with Crippen LogP contribution in [0.5, 0.6) is 0 Å². The van der Waals surface area contributed by atoms with E-state index >= 15 is 0 Å². The Morgan fingerprint density at radius 2 is 2.21 bits per heavy atom. The van der Waals surface area contributed by atoms with Crippen LogP contribution in [0.3, 0.4) is 0 Å². The molecule has 2 aromatic rings. The van der Waals surface area contributed by atoms with Crippen LogP contribution in [-0.2, 0) is 0 Å². The van der Waals surface area contributed by atoms with Crippen LogP contribution in [0, 0.1) is 6.92 Å². The van der Waals surface area contributed by atoms with Crippen molar-refractivity contribution < 1.29 is 0 Å². The second kappa shape index (κ2) is 6.75. The molecule has 2 aromatic heterocycles. The Labute approximate surface area is 130 Å². The van der Waals surface area contributed by atoms with E-state index in [4.69, 9.17) is 0 Å². The van der Waals surface area contributed by atoms with Crippen molar-refractivity contribution in [1.29, 1.82) is 0 Å². The lowest BCUT2D eigenvalue weighted by atomic mass is 10.2. The van der Waals surface area contributed by atoms with Crippen LogP contribution < -0.4 is 10.2 Å². The summed E-state index contributed by atoms with van der Waals surface area (Å²) in [6.07, 6.45) is 1.93. The van der Waals surface area contributed by atoms with E-state index in [0.29, 0.717) is 6.04 Å². The number of fused-ring (bicyclic) bond motifs is 1. The molecule has 0 aromatic carbocycles. The van der Waals surface area contributed by atoms with Crippen molar-refractivity contribution in [1.82, 2.24) is 10.3 Å². The molecule has 3 heterocycles. The summed E-state index contributed by atoms with van der Waals surface area (Å²) < 4.78 is 1.35. The number of rotatable bonds is 1. The van der Waals surface area contributed by atoms with Gasteiger partial charge in [-0.25, -0.2) is 4.98 Å². The lowest BCUT2D eigenvalue weighted by molar-refractivity contribution is 0.483. The van der Waals surface area contributed by atoms with Gasteiger partial charge in [-0.05, 0) is 26.0 Å². The molecule has 1 saturated heterocycles. The van der Waals surface area contributed by atoms with Crippen LogP contribution in [-0.4, -0.2) is 30.7 Å². The SMILES string of the molecule is Cc1cc2c(N3CCNC(C)C3)nccc2s1.Cl.Cl. The van der Waals surface area contributed by atoms with E-state index in [1.54, 1.807) is 0 Å². The number of anilines is 1. The zero-order chi connectivity index (χ0) is 11.8. The minimum atomic E-state index is 0. The van der Waals surface area contributed by atoms with E-state index in [2.05, 4.69) is 41.2 Å². The van der Waals surface area contributed by atoms with E-state index in [1.807, 2.05) is 17.5 Å². The van der Waals surface area contributed by atoms with Gasteiger partial charge in [0.15, 0.2) is 0 Å². The summed E-state index contributed by atoms with van der Waals surface area (Å²) in [7, 11) is 0. The molecule has 1 unspecified atom stereocenters. The van der Waals surface area contributed by atoms with Gasteiger partial charge in [-0.2, -0.15) is 0 Å². The average molecular weight is 320 g/mol. The van der Waals surface area contributed by atoms with E-state index in [1.165, 1.54) is 15.0 Å². The van der Waals surface area contributed by atoms with Gasteiger partial charge in [-0.3, -0.25) is 0 Å². The largest absolute Gasteiger partial charge is 0.353 e. The lowest BCUT2D eigenvalue weighted by Crippen LogP contribution is -2.49. The second-order valence-electron chi connectivity index (χ2n) is 4.70. The van der Waals surface area contributed by atoms with Crippen LogP contribution in [0.4, 0.5) is 5.82 Å². The van der Waals surface area contributed by atoms with Crippen LogP contribution >= 0.6 is 36.2 Å². The molecule has 0 radical (unpaired) electrons. The number of piperazine rings is 1. The van der Waals surface area contributed by atoms with Gasteiger partial charge in [0, 0.05) is 46.8 Å². The highest BCUT2D eigenvalue weighted by molar-refractivity contribution is 7.19. The van der Waals surface area contributed by atoms with Crippen LogP contribution in [0.15, 0.2) is 18.3 Å². The van der Waals surface area contributed by atoms with Crippen molar-refractivity contribution in [3.8, 4) is 0 Å². The Hall–Kier alpha value is -0.550. The molecular weight excluding hydrogens is 301 g/mol. The minimum Gasteiger partial charge on any atom is -0.353 e. The van der Waals surface area contributed by atoms with Crippen molar-refractivity contribution in [3.05, 3.63) is 23.2 Å². The molecule has 0 bridgehead atoms. The monoisotopic (exact) mass is 319 g/mol. The fraction of sp³-hybridized carbons (Fsp3) is 0.462. The normalized spacial score (nSPS) is 18.8. The Bertz CT molecular complexity index is 544. The maximum atomic E-state index is 4.58. The van der Waals surface area contributed by atoms with Gasteiger partial charge >= 0.3 is 0 Å². The van der Waals surface area contributed by atoms with Gasteiger partial charge in [-0.15, -0.1) is 36.2 Å². The van der Waals surface area contributed by atoms with Crippen molar-refractivity contribution in [3.63, 3.8) is 0 Å². The fourth-order valence-corrected chi connectivity index (χ4v) is 3.37. The molecular formula is C13H19Cl2N3S. The third-order valence-electron chi connectivity index (χ3n) is 3.22. The third-order valence-corrected chi connectivity index (χ3v) is 4.23. The van der Waals surface area contributed by atoms with Crippen molar-refractivity contribution in [2.45, 2.75) is 19.9 Å². The maximum absolute atomic E-state index is 4.58. The molecule has 3 nitrogen and oxygen atoms in total. The number of aromatic nitrogens is 1. The second-order valence-corrected chi connectivity index (χ2v) is 5.99. The third kappa shape index (κ3) is 3.31. The Morgan fingerprint density at radius 3 is 2.95 bits per heavy atom. The first kappa shape index (κ1) is 16.5. The summed E-state index contributed by atoms with van der Waals surface area (Å²) in [5, 5.41) is 4.78. The van der Waals surface area contributed by atoms with Crippen molar-refractivity contribution in [2.24, 2.45) is 0 Å². The highest BCUT2D eigenvalue weighted by Gasteiger charge is 2.19. The van der Waals surface area contributed by atoms with Crippen LogP contribution in [0.2, 0.25) is 0 Å². The average Bonchev–Trinajstić information content (AvgIpc) is 2.68. The van der Waals surface area contributed by atoms with E-state index in [9.17, 15) is 0 Å². The lowest BCUT2D eigenvalue weighted by Gasteiger charge is -2.33. The Kier molecular flexibility index (Phi) is 5.86. The minimum absolute atomic E-state index is 0. The predicted octanol–water partition coefficient (Wildman–Crippen LogP) is 3.25. The zero-order valence-electron chi connectivity index (χ0n) is 11.0. The number of thiophene rings is 1. The van der Waals surface area contributed by atoms with Crippen molar-refractivity contribution in [2.75, 3.05) is 24.5 Å². The first-order valence-electron chi connectivity index (χ1n) is 6.07. The number of hydrogen-bond acceptors (Lipinski definition) is 4. The summed E-state index contributed by atoms with van der Waals surface area (Å²) in [6.45, 7) is 7.52. The molecule has 1 aliphatic heterocycles. The molecule has 1 atom stereocenters. The molecule has 0 spiro atoms.